The van der Waals surface area contributed by atoms with Crippen molar-refractivity contribution in [3.8, 4) is 0 Å². The lowest BCUT2D eigenvalue weighted by molar-refractivity contribution is -0.909. The van der Waals surface area contributed by atoms with Crippen molar-refractivity contribution in [3.63, 3.8) is 0 Å². The third kappa shape index (κ3) is 17.8. The average molecular weight is 327 g/mol. The van der Waals surface area contributed by atoms with Gasteiger partial charge < -0.3 is 9.59 Å². The summed E-state index contributed by atoms with van der Waals surface area (Å²) in [4.78, 5) is 0. The monoisotopic (exact) mass is 326 g/mol. The molecule has 0 saturated carbocycles. The fourth-order valence-electron chi connectivity index (χ4n) is 2.86. The molecule has 138 valence electrons. The first kappa shape index (κ1) is 22.7. The van der Waals surface area contributed by atoms with Crippen LogP contribution in [0.5, 0.6) is 0 Å². The third-order valence-corrected chi connectivity index (χ3v) is 4.66. The van der Waals surface area contributed by atoms with E-state index in [9.17, 15) is 5.11 Å². The molecule has 0 fully saturated rings. The van der Waals surface area contributed by atoms with Gasteiger partial charge in [-0.15, -0.1) is 0 Å². The van der Waals surface area contributed by atoms with Crippen molar-refractivity contribution in [1.82, 2.24) is 0 Å². The van der Waals surface area contributed by atoms with Crippen molar-refractivity contribution in [2.75, 3.05) is 27.4 Å². The van der Waals surface area contributed by atoms with E-state index in [0.717, 1.165) is 11.0 Å². The highest BCUT2D eigenvalue weighted by Gasteiger charge is 2.11. The maximum Gasteiger partial charge on any atom is 0.179 e. The van der Waals surface area contributed by atoms with Gasteiger partial charge in [0.1, 0.15) is 0 Å². The van der Waals surface area contributed by atoms with Crippen LogP contribution in [-0.2, 0) is 0 Å². The van der Waals surface area contributed by atoms with Crippen LogP contribution in [0.4, 0.5) is 0 Å². The van der Waals surface area contributed by atoms with Gasteiger partial charge in [0.15, 0.2) is 6.73 Å². The lowest BCUT2D eigenvalue weighted by Crippen LogP contribution is -2.41. The van der Waals surface area contributed by atoms with Gasteiger partial charge in [0, 0.05) is 0 Å². The summed E-state index contributed by atoms with van der Waals surface area (Å²) in [5.41, 5.74) is 0. The first-order chi connectivity index (χ1) is 11.1. The fourth-order valence-corrected chi connectivity index (χ4v) is 2.86. The number of unbranched alkanes of at least 4 members (excludes halogenated alkanes) is 12. The topological polar surface area (TPSA) is 20.2 Å². The molecule has 0 aromatic rings. The van der Waals surface area contributed by atoms with Gasteiger partial charge in [-0.25, -0.2) is 0 Å². The molecule has 0 rings (SSSR count). The summed E-state index contributed by atoms with van der Waals surface area (Å²) in [6, 6.07) is 0. The minimum absolute atomic E-state index is 0.255. The number of rotatable bonds is 17. The van der Waals surface area contributed by atoms with Crippen LogP contribution in [-0.4, -0.2) is 37.0 Å². The number of hydrogen-bond donors (Lipinski definition) is 1. The fraction of sp³-hybridized carbons (Fsp3) is 0.905. The first-order valence-electron chi connectivity index (χ1n) is 10.2. The van der Waals surface area contributed by atoms with Gasteiger partial charge in [-0.3, -0.25) is 0 Å². The van der Waals surface area contributed by atoms with E-state index in [-0.39, 0.29) is 6.73 Å². The largest absolute Gasteiger partial charge is 0.347 e. The van der Waals surface area contributed by atoms with Crippen LogP contribution < -0.4 is 0 Å². The molecule has 0 aliphatic rings. The second kappa shape index (κ2) is 16.5. The summed E-state index contributed by atoms with van der Waals surface area (Å²) in [5, 5.41) is 9.19. The zero-order valence-electron chi connectivity index (χ0n) is 16.4. The van der Waals surface area contributed by atoms with E-state index in [1.165, 1.54) is 89.9 Å². The molecule has 0 unspecified atom stereocenters. The molecule has 1 N–H and O–H groups in total. The van der Waals surface area contributed by atoms with E-state index >= 15 is 0 Å². The summed E-state index contributed by atoms with van der Waals surface area (Å²) in [6.07, 6.45) is 23.8. The molecule has 0 aliphatic heterocycles. The SMILES string of the molecule is CCCCCCCCC=CCCCCCCCC[N+](C)(C)CO. The van der Waals surface area contributed by atoms with Crippen LogP contribution in [0.2, 0.25) is 0 Å². The van der Waals surface area contributed by atoms with Crippen LogP contribution in [0.15, 0.2) is 12.2 Å². The summed E-state index contributed by atoms with van der Waals surface area (Å²) >= 11 is 0. The molecule has 0 aliphatic carbocycles. The predicted octanol–water partition coefficient (Wildman–Crippen LogP) is 6.05. The summed E-state index contributed by atoms with van der Waals surface area (Å²) < 4.78 is 0.739. The molecule has 0 radical (unpaired) electrons. The van der Waals surface area contributed by atoms with Crippen LogP contribution in [0, 0.1) is 0 Å². The predicted molar refractivity (Wildman–Crippen MR) is 104 cm³/mol. The lowest BCUT2D eigenvalue weighted by atomic mass is 10.1. The van der Waals surface area contributed by atoms with Crippen LogP contribution in [0.3, 0.4) is 0 Å². The van der Waals surface area contributed by atoms with Crippen molar-refractivity contribution < 1.29 is 9.59 Å². The number of aliphatic hydroxyl groups excluding tert-OH is 1. The maximum absolute atomic E-state index is 9.19. The smallest absolute Gasteiger partial charge is 0.179 e. The second-order valence-corrected chi connectivity index (χ2v) is 7.74. The Morgan fingerprint density at radius 3 is 1.57 bits per heavy atom. The van der Waals surface area contributed by atoms with Crippen LogP contribution >= 0.6 is 0 Å². The van der Waals surface area contributed by atoms with Gasteiger partial charge in [-0.2, -0.15) is 0 Å². The standard InChI is InChI=1S/C21H44NO/c1-4-5-6-7-8-9-10-11-12-13-14-15-16-17-18-19-20-22(2,3)21-23/h11-12,23H,4-10,13-21H2,1-3H3/q+1. The van der Waals surface area contributed by atoms with E-state index < -0.39 is 0 Å². The Morgan fingerprint density at radius 2 is 1.09 bits per heavy atom. The highest BCUT2D eigenvalue weighted by atomic mass is 16.3. The number of nitrogens with zero attached hydrogens (tertiary/aromatic N) is 1. The molecule has 0 amide bonds. The number of allylic oxidation sites excluding steroid dienone is 2. The Hall–Kier alpha value is -0.340. The molecule has 0 aromatic carbocycles. The van der Waals surface area contributed by atoms with E-state index in [2.05, 4.69) is 33.2 Å². The van der Waals surface area contributed by atoms with Crippen molar-refractivity contribution >= 4 is 0 Å². The number of hydrogen-bond acceptors (Lipinski definition) is 1. The molecule has 0 saturated heterocycles. The van der Waals surface area contributed by atoms with E-state index in [0.29, 0.717) is 0 Å². The molecule has 0 aromatic heterocycles. The van der Waals surface area contributed by atoms with Gasteiger partial charge in [0.2, 0.25) is 0 Å². The molecule has 0 spiro atoms. The van der Waals surface area contributed by atoms with Crippen molar-refractivity contribution in [2.45, 2.75) is 96.8 Å². The molecule has 2 heteroatoms. The average Bonchev–Trinajstić information content (AvgIpc) is 2.54. The van der Waals surface area contributed by atoms with Crippen molar-refractivity contribution in [3.05, 3.63) is 12.2 Å². The Morgan fingerprint density at radius 1 is 0.652 bits per heavy atom. The van der Waals surface area contributed by atoms with Crippen molar-refractivity contribution in [2.24, 2.45) is 0 Å². The molecule has 0 heterocycles. The zero-order valence-corrected chi connectivity index (χ0v) is 16.4. The Labute approximate surface area is 146 Å². The van der Waals surface area contributed by atoms with Gasteiger partial charge in [0.05, 0.1) is 20.6 Å². The van der Waals surface area contributed by atoms with Crippen LogP contribution in [0.1, 0.15) is 96.8 Å². The van der Waals surface area contributed by atoms with Crippen LogP contribution in [0.25, 0.3) is 0 Å². The van der Waals surface area contributed by atoms with Crippen molar-refractivity contribution in [1.29, 1.82) is 0 Å². The normalized spacial score (nSPS) is 12.3. The van der Waals surface area contributed by atoms with Gasteiger partial charge in [0.25, 0.3) is 0 Å². The molecule has 0 atom stereocenters. The summed E-state index contributed by atoms with van der Waals surface area (Å²) in [6.45, 7) is 3.63. The Kier molecular flexibility index (Phi) is 16.3. The number of aliphatic hydroxyl groups is 1. The molecular formula is C21H44NO+. The molecular weight excluding hydrogens is 282 g/mol. The minimum atomic E-state index is 0.255. The first-order valence-corrected chi connectivity index (χ1v) is 10.2. The van der Waals surface area contributed by atoms with E-state index in [4.69, 9.17) is 0 Å². The number of quaternary nitrogens is 1. The van der Waals surface area contributed by atoms with E-state index in [1.54, 1.807) is 0 Å². The lowest BCUT2D eigenvalue weighted by Gasteiger charge is -2.26. The summed E-state index contributed by atoms with van der Waals surface area (Å²) in [7, 11) is 4.19. The molecule has 2 nitrogen and oxygen atoms in total. The highest BCUT2D eigenvalue weighted by molar-refractivity contribution is 4.81. The Bertz CT molecular complexity index is 261. The van der Waals surface area contributed by atoms with Gasteiger partial charge >= 0.3 is 0 Å². The minimum Gasteiger partial charge on any atom is -0.347 e. The highest BCUT2D eigenvalue weighted by Crippen LogP contribution is 2.10. The van der Waals surface area contributed by atoms with Gasteiger partial charge in [-0.05, 0) is 38.5 Å². The Balaban J connectivity index is 3.16. The quantitative estimate of drug-likeness (QED) is 0.149. The zero-order chi connectivity index (χ0) is 17.2. The summed E-state index contributed by atoms with van der Waals surface area (Å²) in [5.74, 6) is 0. The molecule has 0 bridgehead atoms. The molecule has 23 heavy (non-hydrogen) atoms. The second-order valence-electron chi connectivity index (χ2n) is 7.74. The van der Waals surface area contributed by atoms with E-state index in [1.807, 2.05) is 0 Å². The van der Waals surface area contributed by atoms with Gasteiger partial charge in [-0.1, -0.05) is 70.4 Å². The maximum atomic E-state index is 9.19. The third-order valence-electron chi connectivity index (χ3n) is 4.66.